The third kappa shape index (κ3) is 4.40. The van der Waals surface area contributed by atoms with E-state index in [-0.39, 0.29) is 17.3 Å². The lowest BCUT2D eigenvalue weighted by atomic mass is 9.81. The average Bonchev–Trinajstić information content (AvgIpc) is 2.73. The van der Waals surface area contributed by atoms with Crippen LogP contribution < -0.4 is 0 Å². The van der Waals surface area contributed by atoms with Gasteiger partial charge in [-0.3, -0.25) is 0 Å². The molecule has 0 radical (unpaired) electrons. The average molecular weight is 384 g/mol. The van der Waals surface area contributed by atoms with Crippen molar-refractivity contribution in [1.29, 1.82) is 0 Å². The molecule has 148 valence electrons. The summed E-state index contributed by atoms with van der Waals surface area (Å²) in [5, 5.41) is 1.02. The summed E-state index contributed by atoms with van der Waals surface area (Å²) in [6.45, 7) is 5.64. The van der Waals surface area contributed by atoms with Gasteiger partial charge in [0.25, 0.3) is 0 Å². The standard InChI is InChI=1S/C25H27F3/c1-3-5-7-18-12-13-20-16-21(14-15-22(20)23(18)26)25(28)24(27)19-10-8-17(6-4-2)9-11-19/h3-4,6,12-17,19H,1,5,7-11H2,2H3/b6-4+,25-24?. The van der Waals surface area contributed by atoms with Gasteiger partial charge in [0.1, 0.15) is 11.6 Å². The van der Waals surface area contributed by atoms with Gasteiger partial charge in [0.2, 0.25) is 0 Å². The molecule has 0 N–H and O–H groups in total. The van der Waals surface area contributed by atoms with Crippen LogP contribution in [-0.2, 0) is 6.42 Å². The van der Waals surface area contributed by atoms with E-state index in [9.17, 15) is 13.2 Å². The van der Waals surface area contributed by atoms with Crippen molar-refractivity contribution in [2.75, 3.05) is 0 Å². The Morgan fingerprint density at radius 3 is 2.54 bits per heavy atom. The highest BCUT2D eigenvalue weighted by molar-refractivity contribution is 5.87. The molecule has 1 aliphatic carbocycles. The van der Waals surface area contributed by atoms with E-state index in [4.69, 9.17) is 0 Å². The van der Waals surface area contributed by atoms with Gasteiger partial charge in [-0.15, -0.1) is 6.58 Å². The van der Waals surface area contributed by atoms with Gasteiger partial charge in [-0.2, -0.15) is 0 Å². The van der Waals surface area contributed by atoms with Gasteiger partial charge in [-0.25, -0.2) is 13.2 Å². The summed E-state index contributed by atoms with van der Waals surface area (Å²) in [4.78, 5) is 0. The predicted molar refractivity (Wildman–Crippen MR) is 112 cm³/mol. The Kier molecular flexibility index (Phi) is 6.77. The molecule has 28 heavy (non-hydrogen) atoms. The molecule has 0 unspecified atom stereocenters. The van der Waals surface area contributed by atoms with Crippen molar-refractivity contribution in [1.82, 2.24) is 0 Å². The van der Waals surface area contributed by atoms with Crippen LogP contribution >= 0.6 is 0 Å². The molecule has 1 aliphatic rings. The van der Waals surface area contributed by atoms with Gasteiger partial charge in [0.15, 0.2) is 5.83 Å². The monoisotopic (exact) mass is 384 g/mol. The number of aryl methyl sites for hydroxylation is 1. The largest absolute Gasteiger partial charge is 0.208 e. The minimum absolute atomic E-state index is 0.179. The van der Waals surface area contributed by atoms with Gasteiger partial charge in [-0.1, -0.05) is 42.5 Å². The normalized spacial score (nSPS) is 21.1. The summed E-state index contributed by atoms with van der Waals surface area (Å²) in [7, 11) is 0. The molecule has 0 spiro atoms. The quantitative estimate of drug-likeness (QED) is 0.442. The van der Waals surface area contributed by atoms with Crippen molar-refractivity contribution in [2.45, 2.75) is 45.4 Å². The van der Waals surface area contributed by atoms with Crippen LogP contribution in [0.15, 0.2) is 61.0 Å². The van der Waals surface area contributed by atoms with E-state index in [0.717, 1.165) is 12.8 Å². The zero-order chi connectivity index (χ0) is 20.1. The summed E-state index contributed by atoms with van der Waals surface area (Å²) in [6, 6.07) is 8.05. The minimum atomic E-state index is -0.812. The number of rotatable bonds is 6. The topological polar surface area (TPSA) is 0 Å². The van der Waals surface area contributed by atoms with Gasteiger partial charge < -0.3 is 0 Å². The molecule has 0 atom stereocenters. The molecule has 1 saturated carbocycles. The van der Waals surface area contributed by atoms with Crippen LogP contribution in [0, 0.1) is 17.7 Å². The minimum Gasteiger partial charge on any atom is -0.208 e. The number of allylic oxidation sites excluding steroid dienone is 4. The first-order chi connectivity index (χ1) is 13.5. The molecule has 0 bridgehead atoms. The smallest absolute Gasteiger partial charge is 0.162 e. The van der Waals surface area contributed by atoms with Crippen molar-refractivity contribution in [3.63, 3.8) is 0 Å². The molecule has 0 heterocycles. The fourth-order valence-electron chi connectivity index (χ4n) is 4.08. The third-order valence-electron chi connectivity index (χ3n) is 5.71. The summed E-state index contributed by atoms with van der Waals surface area (Å²) in [5.41, 5.74) is 0.791. The third-order valence-corrected chi connectivity index (χ3v) is 5.71. The molecule has 1 fully saturated rings. The Morgan fingerprint density at radius 1 is 1.11 bits per heavy atom. The van der Waals surface area contributed by atoms with Crippen LogP contribution in [-0.4, -0.2) is 0 Å². The van der Waals surface area contributed by atoms with Crippen molar-refractivity contribution in [2.24, 2.45) is 11.8 Å². The Balaban J connectivity index is 1.84. The lowest BCUT2D eigenvalue weighted by molar-refractivity contribution is 0.304. The van der Waals surface area contributed by atoms with Crippen LogP contribution in [0.1, 0.15) is 50.2 Å². The van der Waals surface area contributed by atoms with E-state index >= 15 is 0 Å². The van der Waals surface area contributed by atoms with Gasteiger partial charge in [0.05, 0.1) is 0 Å². The molecule has 0 aromatic heterocycles. The van der Waals surface area contributed by atoms with Crippen molar-refractivity contribution >= 4 is 16.6 Å². The van der Waals surface area contributed by atoms with Gasteiger partial charge in [-0.05, 0) is 68.4 Å². The van der Waals surface area contributed by atoms with E-state index in [1.54, 1.807) is 24.3 Å². The number of hydrogen-bond acceptors (Lipinski definition) is 0. The fraction of sp³-hybridized carbons (Fsp3) is 0.360. The summed E-state index contributed by atoms with van der Waals surface area (Å²) < 4.78 is 44.2. The Labute approximate surface area is 165 Å². The lowest BCUT2D eigenvalue weighted by Crippen LogP contribution is -2.14. The molecular weight excluding hydrogens is 357 g/mol. The van der Waals surface area contributed by atoms with Crippen LogP contribution in [0.25, 0.3) is 16.6 Å². The van der Waals surface area contributed by atoms with Crippen molar-refractivity contribution in [3.8, 4) is 0 Å². The van der Waals surface area contributed by atoms with Crippen molar-refractivity contribution in [3.05, 3.63) is 77.9 Å². The maximum Gasteiger partial charge on any atom is 0.162 e. The van der Waals surface area contributed by atoms with E-state index < -0.39 is 11.7 Å². The highest BCUT2D eigenvalue weighted by atomic mass is 19.2. The van der Waals surface area contributed by atoms with E-state index in [1.165, 1.54) is 12.1 Å². The zero-order valence-corrected chi connectivity index (χ0v) is 16.4. The maximum absolute atomic E-state index is 14.8. The molecule has 3 heteroatoms. The molecular formula is C25H27F3. The van der Waals surface area contributed by atoms with Crippen LogP contribution in [0.2, 0.25) is 0 Å². The molecule has 0 aliphatic heterocycles. The van der Waals surface area contributed by atoms with Gasteiger partial charge in [0, 0.05) is 16.9 Å². The van der Waals surface area contributed by atoms with Gasteiger partial charge >= 0.3 is 0 Å². The molecule has 2 aromatic rings. The predicted octanol–water partition coefficient (Wildman–Crippen LogP) is 8.09. The first kappa shape index (κ1) is 20.4. The number of fused-ring (bicyclic) bond motifs is 1. The second-order valence-electron chi connectivity index (χ2n) is 7.60. The van der Waals surface area contributed by atoms with E-state index in [2.05, 4.69) is 12.7 Å². The second-order valence-corrected chi connectivity index (χ2v) is 7.60. The molecule has 0 amide bonds. The summed E-state index contributed by atoms with van der Waals surface area (Å²) in [5.74, 6) is -1.67. The Morgan fingerprint density at radius 2 is 1.86 bits per heavy atom. The highest BCUT2D eigenvalue weighted by Gasteiger charge is 2.26. The Hall–Kier alpha value is -2.29. The molecule has 3 rings (SSSR count). The first-order valence-corrected chi connectivity index (χ1v) is 10.1. The fourth-order valence-corrected chi connectivity index (χ4v) is 4.08. The number of hydrogen-bond donors (Lipinski definition) is 0. The highest BCUT2D eigenvalue weighted by Crippen LogP contribution is 2.38. The van der Waals surface area contributed by atoms with E-state index in [0.29, 0.717) is 47.9 Å². The summed E-state index contributed by atoms with van der Waals surface area (Å²) >= 11 is 0. The van der Waals surface area contributed by atoms with E-state index in [1.807, 2.05) is 13.0 Å². The lowest BCUT2D eigenvalue weighted by Gasteiger charge is -2.25. The Bertz CT molecular complexity index is 899. The SMILES string of the molecule is C=CCCc1ccc2cc(C(F)=C(F)C3CCC(/C=C/C)CC3)ccc2c1F. The van der Waals surface area contributed by atoms with Crippen LogP contribution in [0.3, 0.4) is 0 Å². The molecule has 0 nitrogen and oxygen atoms in total. The number of benzene rings is 2. The van der Waals surface area contributed by atoms with Crippen LogP contribution in [0.4, 0.5) is 13.2 Å². The summed E-state index contributed by atoms with van der Waals surface area (Å²) in [6.07, 6.45) is 10.3. The second kappa shape index (κ2) is 9.27. The van der Waals surface area contributed by atoms with Crippen molar-refractivity contribution < 1.29 is 13.2 Å². The zero-order valence-electron chi connectivity index (χ0n) is 16.4. The number of halogens is 3. The maximum atomic E-state index is 14.8. The molecule has 0 saturated heterocycles. The first-order valence-electron chi connectivity index (χ1n) is 10.1. The van der Waals surface area contributed by atoms with Crippen LogP contribution in [0.5, 0.6) is 0 Å². The molecule has 2 aromatic carbocycles.